The van der Waals surface area contributed by atoms with E-state index in [-0.39, 0.29) is 6.04 Å². The van der Waals surface area contributed by atoms with Crippen molar-refractivity contribution in [3.05, 3.63) is 47.3 Å². The lowest BCUT2D eigenvalue weighted by molar-refractivity contribution is 0.414. The van der Waals surface area contributed by atoms with Gasteiger partial charge >= 0.3 is 0 Å². The highest BCUT2D eigenvalue weighted by Crippen LogP contribution is 2.19. The van der Waals surface area contributed by atoms with Crippen LogP contribution in [0.25, 0.3) is 0 Å². The van der Waals surface area contributed by atoms with Crippen molar-refractivity contribution in [3.63, 3.8) is 0 Å². The molecule has 0 radical (unpaired) electrons. The fourth-order valence-electron chi connectivity index (χ4n) is 2.13. The molecule has 1 aromatic carbocycles. The molecular weight excluding hydrogens is 238 g/mol. The molecule has 2 rings (SSSR count). The predicted molar refractivity (Wildman–Crippen MR) is 76.2 cm³/mol. The molecule has 0 amide bonds. The number of methoxy groups -OCH3 is 1. The fraction of sp³-hybridized carbons (Fsp3) is 0.400. The van der Waals surface area contributed by atoms with Crippen LogP contribution in [0.1, 0.15) is 29.9 Å². The van der Waals surface area contributed by atoms with E-state index in [0.29, 0.717) is 0 Å². The highest BCUT2D eigenvalue weighted by molar-refractivity contribution is 5.29. The Morgan fingerprint density at radius 2 is 2.00 bits per heavy atom. The highest BCUT2D eigenvalue weighted by atomic mass is 16.5. The Bertz CT molecular complexity index is 531. The zero-order chi connectivity index (χ0) is 13.8. The van der Waals surface area contributed by atoms with Crippen molar-refractivity contribution in [3.8, 4) is 5.75 Å². The van der Waals surface area contributed by atoms with Crippen molar-refractivity contribution in [2.75, 3.05) is 7.11 Å². The third kappa shape index (κ3) is 3.15. The van der Waals surface area contributed by atoms with Gasteiger partial charge in [0.25, 0.3) is 0 Å². The molecular formula is C15H21N3O. The summed E-state index contributed by atoms with van der Waals surface area (Å²) >= 11 is 0. The molecule has 0 saturated heterocycles. The van der Waals surface area contributed by atoms with Crippen LogP contribution in [-0.2, 0) is 19.9 Å². The van der Waals surface area contributed by atoms with Gasteiger partial charge in [-0.25, -0.2) is 0 Å². The van der Waals surface area contributed by atoms with Crippen LogP contribution < -0.4 is 10.5 Å². The van der Waals surface area contributed by atoms with Crippen molar-refractivity contribution < 1.29 is 4.74 Å². The van der Waals surface area contributed by atoms with Crippen LogP contribution in [0.2, 0.25) is 0 Å². The van der Waals surface area contributed by atoms with E-state index in [1.807, 2.05) is 36.0 Å². The SMILES string of the molecule is CCc1cc(CC(N)c2ccc(OC)cc2)n(C)n1. The molecule has 19 heavy (non-hydrogen) atoms. The molecule has 0 saturated carbocycles. The number of ether oxygens (including phenoxy) is 1. The van der Waals surface area contributed by atoms with E-state index in [2.05, 4.69) is 18.1 Å². The van der Waals surface area contributed by atoms with Crippen molar-refractivity contribution in [1.29, 1.82) is 0 Å². The lowest BCUT2D eigenvalue weighted by atomic mass is 10.0. The lowest BCUT2D eigenvalue weighted by Gasteiger charge is -2.12. The third-order valence-electron chi connectivity index (χ3n) is 3.36. The van der Waals surface area contributed by atoms with Crippen LogP contribution in [0.5, 0.6) is 5.75 Å². The van der Waals surface area contributed by atoms with Gasteiger partial charge < -0.3 is 10.5 Å². The fourth-order valence-corrected chi connectivity index (χ4v) is 2.13. The first-order valence-electron chi connectivity index (χ1n) is 6.55. The van der Waals surface area contributed by atoms with Crippen molar-refractivity contribution in [1.82, 2.24) is 9.78 Å². The smallest absolute Gasteiger partial charge is 0.118 e. The standard InChI is InChI=1S/C15H21N3O/c1-4-12-9-13(18(2)17-12)10-15(16)11-5-7-14(19-3)8-6-11/h5-9,15H,4,10,16H2,1-3H3. The number of nitrogens with zero attached hydrogens (tertiary/aromatic N) is 2. The molecule has 1 atom stereocenters. The minimum atomic E-state index is -0.0222. The minimum absolute atomic E-state index is 0.0222. The Morgan fingerprint density at radius 3 is 2.53 bits per heavy atom. The zero-order valence-corrected chi connectivity index (χ0v) is 11.8. The van der Waals surface area contributed by atoms with Crippen molar-refractivity contribution >= 4 is 0 Å². The van der Waals surface area contributed by atoms with Gasteiger partial charge in [0.1, 0.15) is 5.75 Å². The van der Waals surface area contributed by atoms with Crippen molar-refractivity contribution in [2.24, 2.45) is 12.8 Å². The molecule has 4 nitrogen and oxygen atoms in total. The molecule has 4 heteroatoms. The number of benzene rings is 1. The van der Waals surface area contributed by atoms with E-state index in [1.54, 1.807) is 7.11 Å². The third-order valence-corrected chi connectivity index (χ3v) is 3.36. The largest absolute Gasteiger partial charge is 0.497 e. The number of hydrogen-bond acceptors (Lipinski definition) is 3. The Balaban J connectivity index is 2.10. The average molecular weight is 259 g/mol. The van der Waals surface area contributed by atoms with Crippen LogP contribution in [-0.4, -0.2) is 16.9 Å². The van der Waals surface area contributed by atoms with Gasteiger partial charge in [-0.2, -0.15) is 5.10 Å². The van der Waals surface area contributed by atoms with Gasteiger partial charge in [0.15, 0.2) is 0 Å². The molecule has 0 aliphatic rings. The molecule has 0 bridgehead atoms. The van der Waals surface area contributed by atoms with Crippen LogP contribution >= 0.6 is 0 Å². The van der Waals surface area contributed by atoms with Gasteiger partial charge in [0, 0.05) is 25.2 Å². The summed E-state index contributed by atoms with van der Waals surface area (Å²) in [5.41, 5.74) is 9.64. The summed E-state index contributed by atoms with van der Waals surface area (Å²) in [6.45, 7) is 2.11. The summed E-state index contributed by atoms with van der Waals surface area (Å²) in [5.74, 6) is 0.852. The Kier molecular flexibility index (Phi) is 4.22. The predicted octanol–water partition coefficient (Wildman–Crippen LogP) is 2.23. The molecule has 1 aromatic heterocycles. The monoisotopic (exact) mass is 259 g/mol. The highest BCUT2D eigenvalue weighted by Gasteiger charge is 2.11. The molecule has 1 heterocycles. The van der Waals surface area contributed by atoms with Crippen molar-refractivity contribution in [2.45, 2.75) is 25.8 Å². The van der Waals surface area contributed by atoms with E-state index >= 15 is 0 Å². The second-order valence-corrected chi connectivity index (χ2v) is 4.69. The first-order valence-corrected chi connectivity index (χ1v) is 6.55. The zero-order valence-electron chi connectivity index (χ0n) is 11.8. The summed E-state index contributed by atoms with van der Waals surface area (Å²) < 4.78 is 7.07. The summed E-state index contributed by atoms with van der Waals surface area (Å²) in [4.78, 5) is 0. The second kappa shape index (κ2) is 5.89. The molecule has 1 unspecified atom stereocenters. The average Bonchev–Trinajstić information content (AvgIpc) is 2.79. The van der Waals surface area contributed by atoms with Gasteiger partial charge in [-0.15, -0.1) is 0 Å². The second-order valence-electron chi connectivity index (χ2n) is 4.69. The first-order chi connectivity index (χ1) is 9.13. The Morgan fingerprint density at radius 1 is 1.32 bits per heavy atom. The van der Waals surface area contributed by atoms with Gasteiger partial charge in [0.05, 0.1) is 12.8 Å². The minimum Gasteiger partial charge on any atom is -0.497 e. The van der Waals surface area contributed by atoms with Crippen LogP contribution in [0.4, 0.5) is 0 Å². The molecule has 2 aromatic rings. The van der Waals surface area contributed by atoms with E-state index in [9.17, 15) is 0 Å². The van der Waals surface area contributed by atoms with E-state index < -0.39 is 0 Å². The maximum absolute atomic E-state index is 6.26. The van der Waals surface area contributed by atoms with E-state index in [1.165, 1.54) is 5.69 Å². The molecule has 0 spiro atoms. The molecule has 2 N–H and O–H groups in total. The maximum atomic E-state index is 6.26. The number of nitrogens with two attached hydrogens (primary N) is 1. The normalized spacial score (nSPS) is 12.4. The van der Waals surface area contributed by atoms with Crippen LogP contribution in [0.3, 0.4) is 0 Å². The maximum Gasteiger partial charge on any atom is 0.118 e. The molecule has 102 valence electrons. The molecule has 0 aliphatic carbocycles. The van der Waals surface area contributed by atoms with Crippen LogP contribution in [0, 0.1) is 0 Å². The number of aryl methyl sites for hydroxylation is 2. The van der Waals surface area contributed by atoms with E-state index in [4.69, 9.17) is 10.5 Å². The van der Waals surface area contributed by atoms with Gasteiger partial charge in [0.2, 0.25) is 0 Å². The van der Waals surface area contributed by atoms with Gasteiger partial charge in [-0.1, -0.05) is 19.1 Å². The number of hydrogen-bond donors (Lipinski definition) is 1. The lowest BCUT2D eigenvalue weighted by Crippen LogP contribution is -2.15. The number of rotatable bonds is 5. The summed E-state index contributed by atoms with van der Waals surface area (Å²) in [6.07, 6.45) is 1.74. The van der Waals surface area contributed by atoms with Gasteiger partial charge in [-0.05, 0) is 30.2 Å². The quantitative estimate of drug-likeness (QED) is 0.896. The van der Waals surface area contributed by atoms with Gasteiger partial charge in [-0.3, -0.25) is 4.68 Å². The first kappa shape index (κ1) is 13.6. The molecule has 0 fully saturated rings. The Hall–Kier alpha value is -1.81. The van der Waals surface area contributed by atoms with Crippen LogP contribution in [0.15, 0.2) is 30.3 Å². The number of aromatic nitrogens is 2. The summed E-state index contributed by atoms with van der Waals surface area (Å²) in [7, 11) is 3.63. The molecule has 0 aliphatic heterocycles. The topological polar surface area (TPSA) is 53.1 Å². The summed E-state index contributed by atoms with van der Waals surface area (Å²) in [5, 5.41) is 4.44. The Labute approximate surface area is 114 Å². The van der Waals surface area contributed by atoms with E-state index in [0.717, 1.165) is 29.8 Å². The summed E-state index contributed by atoms with van der Waals surface area (Å²) in [6, 6.07) is 10.0.